The number of alkyl halides is 1. The summed E-state index contributed by atoms with van der Waals surface area (Å²) < 4.78 is 0. The van der Waals surface area contributed by atoms with Gasteiger partial charge >= 0.3 is 6.09 Å². The number of aryl methyl sites for hydroxylation is 1. The Bertz CT molecular complexity index is 453. The normalized spacial score (nSPS) is 16.6. The fourth-order valence-electron chi connectivity index (χ4n) is 2.83. The van der Waals surface area contributed by atoms with Crippen molar-refractivity contribution in [3.05, 3.63) is 34.9 Å². The Balaban J connectivity index is 2.12. The van der Waals surface area contributed by atoms with E-state index in [1.165, 1.54) is 21.6 Å². The van der Waals surface area contributed by atoms with Gasteiger partial charge in [0.1, 0.15) is 0 Å². The van der Waals surface area contributed by atoms with Crippen molar-refractivity contribution in [2.24, 2.45) is 0 Å². The standard InChI is InChI=1S/C15H20BrNO2/c1-2-12-9-11(10-16)3-4-14(12)13-5-7-17(8-6-13)15(18)19/h3-4,9,13H,2,5-8,10H2,1H3,(H,18,19). The number of carboxylic acid groups (broad SMARTS) is 1. The molecule has 0 spiro atoms. The van der Waals surface area contributed by atoms with Crippen LogP contribution in [0.3, 0.4) is 0 Å². The van der Waals surface area contributed by atoms with Gasteiger partial charge in [0.25, 0.3) is 0 Å². The predicted molar refractivity (Wildman–Crippen MR) is 80.0 cm³/mol. The highest BCUT2D eigenvalue weighted by molar-refractivity contribution is 9.08. The van der Waals surface area contributed by atoms with Gasteiger partial charge in [0.15, 0.2) is 0 Å². The first-order chi connectivity index (χ1) is 9.15. The molecule has 0 aliphatic carbocycles. The van der Waals surface area contributed by atoms with Crippen molar-refractivity contribution in [2.75, 3.05) is 13.1 Å². The quantitative estimate of drug-likeness (QED) is 0.853. The highest BCUT2D eigenvalue weighted by atomic mass is 79.9. The highest BCUT2D eigenvalue weighted by Crippen LogP contribution is 2.31. The summed E-state index contributed by atoms with van der Waals surface area (Å²) >= 11 is 3.49. The van der Waals surface area contributed by atoms with Gasteiger partial charge in [0, 0.05) is 18.4 Å². The van der Waals surface area contributed by atoms with Crippen molar-refractivity contribution < 1.29 is 9.90 Å². The lowest BCUT2D eigenvalue weighted by Crippen LogP contribution is -2.36. The van der Waals surface area contributed by atoms with E-state index in [0.29, 0.717) is 19.0 Å². The van der Waals surface area contributed by atoms with Crippen LogP contribution >= 0.6 is 15.9 Å². The minimum atomic E-state index is -0.788. The molecule has 3 nitrogen and oxygen atoms in total. The number of likely N-dealkylation sites (tertiary alicyclic amines) is 1. The van der Waals surface area contributed by atoms with E-state index in [1.54, 1.807) is 0 Å². The molecular formula is C15H20BrNO2. The van der Waals surface area contributed by atoms with Crippen LogP contribution in [0.4, 0.5) is 4.79 Å². The molecule has 0 saturated carbocycles. The van der Waals surface area contributed by atoms with Crippen molar-refractivity contribution in [1.82, 2.24) is 4.90 Å². The monoisotopic (exact) mass is 325 g/mol. The summed E-state index contributed by atoms with van der Waals surface area (Å²) in [6, 6.07) is 6.68. The van der Waals surface area contributed by atoms with E-state index in [2.05, 4.69) is 41.1 Å². The second kappa shape index (κ2) is 6.42. The van der Waals surface area contributed by atoms with Crippen LogP contribution in [-0.2, 0) is 11.8 Å². The van der Waals surface area contributed by atoms with E-state index < -0.39 is 6.09 Å². The number of benzene rings is 1. The van der Waals surface area contributed by atoms with Crippen molar-refractivity contribution in [3.63, 3.8) is 0 Å². The fourth-order valence-corrected chi connectivity index (χ4v) is 3.18. The molecule has 1 saturated heterocycles. The van der Waals surface area contributed by atoms with Gasteiger partial charge in [0.2, 0.25) is 0 Å². The molecule has 2 rings (SSSR count). The summed E-state index contributed by atoms with van der Waals surface area (Å²) in [5, 5.41) is 9.87. The number of piperidine rings is 1. The largest absolute Gasteiger partial charge is 0.465 e. The molecule has 1 aromatic carbocycles. The zero-order chi connectivity index (χ0) is 13.8. The van der Waals surface area contributed by atoms with Crippen LogP contribution in [0.2, 0.25) is 0 Å². The maximum atomic E-state index is 10.9. The molecule has 19 heavy (non-hydrogen) atoms. The average Bonchev–Trinajstić information content (AvgIpc) is 2.46. The van der Waals surface area contributed by atoms with Crippen molar-refractivity contribution in [1.29, 1.82) is 0 Å². The Kier molecular flexibility index (Phi) is 4.86. The molecule has 0 unspecified atom stereocenters. The molecule has 1 aliphatic heterocycles. The molecule has 4 heteroatoms. The van der Waals surface area contributed by atoms with E-state index in [0.717, 1.165) is 24.6 Å². The smallest absolute Gasteiger partial charge is 0.407 e. The topological polar surface area (TPSA) is 40.5 Å². The van der Waals surface area contributed by atoms with E-state index in [4.69, 9.17) is 5.11 Å². The van der Waals surface area contributed by atoms with E-state index in [9.17, 15) is 4.79 Å². The molecule has 0 aromatic heterocycles. The summed E-state index contributed by atoms with van der Waals surface area (Å²) in [5.41, 5.74) is 4.13. The number of carbonyl (C=O) groups is 1. The summed E-state index contributed by atoms with van der Waals surface area (Å²) in [4.78, 5) is 12.4. The molecule has 104 valence electrons. The summed E-state index contributed by atoms with van der Waals surface area (Å²) in [7, 11) is 0. The fraction of sp³-hybridized carbons (Fsp3) is 0.533. The van der Waals surface area contributed by atoms with Crippen LogP contribution in [-0.4, -0.2) is 29.2 Å². The van der Waals surface area contributed by atoms with Crippen LogP contribution in [0, 0.1) is 0 Å². The zero-order valence-corrected chi connectivity index (χ0v) is 12.8. The van der Waals surface area contributed by atoms with Gasteiger partial charge in [-0.05, 0) is 41.9 Å². The van der Waals surface area contributed by atoms with Crippen LogP contribution in [0.15, 0.2) is 18.2 Å². The summed E-state index contributed by atoms with van der Waals surface area (Å²) in [5.74, 6) is 0.509. The van der Waals surface area contributed by atoms with Gasteiger partial charge < -0.3 is 10.0 Å². The molecular weight excluding hydrogens is 306 g/mol. The molecule has 1 aliphatic rings. The Morgan fingerprint density at radius 2 is 2.11 bits per heavy atom. The first-order valence-corrected chi connectivity index (χ1v) is 7.93. The second-order valence-corrected chi connectivity index (χ2v) is 5.62. The molecule has 0 radical (unpaired) electrons. The Morgan fingerprint density at radius 3 is 2.63 bits per heavy atom. The van der Waals surface area contributed by atoms with Gasteiger partial charge in [-0.3, -0.25) is 0 Å². The SMILES string of the molecule is CCc1cc(CBr)ccc1C1CCN(C(=O)O)CC1. The lowest BCUT2D eigenvalue weighted by Gasteiger charge is -2.31. The van der Waals surface area contributed by atoms with Crippen molar-refractivity contribution >= 4 is 22.0 Å². The van der Waals surface area contributed by atoms with Gasteiger partial charge in [-0.15, -0.1) is 0 Å². The highest BCUT2D eigenvalue weighted by Gasteiger charge is 2.24. The molecule has 0 bridgehead atoms. The number of hydrogen-bond acceptors (Lipinski definition) is 1. The molecule has 1 aromatic rings. The third kappa shape index (κ3) is 3.30. The maximum absolute atomic E-state index is 10.9. The minimum absolute atomic E-state index is 0.509. The molecule has 1 fully saturated rings. The van der Waals surface area contributed by atoms with Crippen LogP contribution in [0.5, 0.6) is 0 Å². The molecule has 1 amide bonds. The van der Waals surface area contributed by atoms with Gasteiger partial charge in [-0.2, -0.15) is 0 Å². The summed E-state index contributed by atoms with van der Waals surface area (Å²) in [6.07, 6.45) is 2.12. The lowest BCUT2D eigenvalue weighted by molar-refractivity contribution is 0.132. The van der Waals surface area contributed by atoms with Crippen LogP contribution < -0.4 is 0 Å². The number of hydrogen-bond donors (Lipinski definition) is 1. The third-order valence-corrected chi connectivity index (χ3v) is 4.60. The van der Waals surface area contributed by atoms with Gasteiger partial charge in [0.05, 0.1) is 0 Å². The van der Waals surface area contributed by atoms with Gasteiger partial charge in [-0.25, -0.2) is 4.79 Å². The number of nitrogens with zero attached hydrogens (tertiary/aromatic N) is 1. The number of halogens is 1. The van der Waals surface area contributed by atoms with E-state index in [-0.39, 0.29) is 0 Å². The van der Waals surface area contributed by atoms with Crippen molar-refractivity contribution in [2.45, 2.75) is 37.4 Å². The Labute approximate surface area is 122 Å². The number of amides is 1. The average molecular weight is 326 g/mol. The zero-order valence-electron chi connectivity index (χ0n) is 11.2. The number of rotatable bonds is 3. The minimum Gasteiger partial charge on any atom is -0.465 e. The van der Waals surface area contributed by atoms with E-state index >= 15 is 0 Å². The van der Waals surface area contributed by atoms with E-state index in [1.807, 2.05) is 0 Å². The summed E-state index contributed by atoms with van der Waals surface area (Å²) in [6.45, 7) is 3.50. The third-order valence-electron chi connectivity index (χ3n) is 3.95. The van der Waals surface area contributed by atoms with Crippen LogP contribution in [0.1, 0.15) is 42.4 Å². The Morgan fingerprint density at radius 1 is 1.42 bits per heavy atom. The maximum Gasteiger partial charge on any atom is 0.407 e. The van der Waals surface area contributed by atoms with Gasteiger partial charge in [-0.1, -0.05) is 41.1 Å². The predicted octanol–water partition coefficient (Wildman–Crippen LogP) is 4.00. The first-order valence-electron chi connectivity index (χ1n) is 6.81. The lowest BCUT2D eigenvalue weighted by atomic mass is 9.85. The molecule has 0 atom stereocenters. The molecule has 1 N–H and O–H groups in total. The van der Waals surface area contributed by atoms with Crippen LogP contribution in [0.25, 0.3) is 0 Å². The Hall–Kier alpha value is -1.03. The molecule has 1 heterocycles. The first kappa shape index (κ1) is 14.4. The second-order valence-electron chi connectivity index (χ2n) is 5.06. The van der Waals surface area contributed by atoms with Crippen molar-refractivity contribution in [3.8, 4) is 0 Å².